The van der Waals surface area contributed by atoms with Crippen LogP contribution in [-0.2, 0) is 10.0 Å². The summed E-state index contributed by atoms with van der Waals surface area (Å²) in [5, 5.41) is 23.1. The van der Waals surface area contributed by atoms with E-state index in [-0.39, 0.29) is 22.2 Å². The summed E-state index contributed by atoms with van der Waals surface area (Å²) in [7, 11) is -1.92. The van der Waals surface area contributed by atoms with Crippen LogP contribution in [0.5, 0.6) is 5.75 Å². The van der Waals surface area contributed by atoms with Gasteiger partial charge >= 0.3 is 0 Å². The van der Waals surface area contributed by atoms with E-state index < -0.39 is 10.0 Å². The maximum Gasteiger partial charge on any atom is 0.239 e. The van der Waals surface area contributed by atoms with Crippen LogP contribution in [0.1, 0.15) is 0 Å². The van der Waals surface area contributed by atoms with Gasteiger partial charge in [-0.3, -0.25) is 0 Å². The molecule has 3 N–H and O–H groups in total. The average molecular weight is 383 g/mol. The van der Waals surface area contributed by atoms with Crippen molar-refractivity contribution in [3.05, 3.63) is 66.9 Å². The number of hydrogen-bond donors (Lipinski definition) is 2. The predicted octanol–water partition coefficient (Wildman–Crippen LogP) is 3.62. The Labute approximate surface area is 156 Å². The number of nitrogens with two attached hydrogens (primary N) is 1. The van der Waals surface area contributed by atoms with Crippen LogP contribution in [0.15, 0.2) is 82.0 Å². The van der Waals surface area contributed by atoms with E-state index in [0.717, 1.165) is 17.6 Å². The van der Waals surface area contributed by atoms with E-state index in [1.165, 1.54) is 12.1 Å². The molecule has 1 heterocycles. The van der Waals surface area contributed by atoms with E-state index in [0.29, 0.717) is 0 Å². The van der Waals surface area contributed by atoms with Gasteiger partial charge in [-0.2, -0.15) is 0 Å². The number of para-hydroxylation sites is 1. The molecule has 0 fully saturated rings. The number of nitrogens with zero attached hydrogens (tertiary/aromatic N) is 4. The number of aromatic hydroxyl groups is 1. The molecule has 0 radical (unpaired) electrons. The first kappa shape index (κ1) is 18.5. The molecule has 27 heavy (non-hydrogen) atoms. The molecule has 2 aromatic carbocycles. The fraction of sp³-hybridized carbons (Fsp3) is 0.0556. The molecule has 3 rings (SSSR count). The highest BCUT2D eigenvalue weighted by Crippen LogP contribution is 2.34. The highest BCUT2D eigenvalue weighted by atomic mass is 32.2. The lowest BCUT2D eigenvalue weighted by molar-refractivity contribution is 0.476. The minimum Gasteiger partial charge on any atom is -0.506 e. The number of phenolic OH excluding ortho intramolecular Hbond substituents is 1. The second-order valence-electron chi connectivity index (χ2n) is 5.66. The molecule has 8 nitrogen and oxygen atoms in total. The molecule has 138 valence electrons. The fourth-order valence-corrected chi connectivity index (χ4v) is 2.77. The van der Waals surface area contributed by atoms with Crippen LogP contribution in [0.2, 0.25) is 0 Å². The van der Waals surface area contributed by atoms with E-state index in [2.05, 4.69) is 15.2 Å². The second-order valence-corrected chi connectivity index (χ2v) is 7.23. The SMILES string of the molecule is CN(c1ccccc1)c1ccc(/N=N/c2ccc(S(N)(=O)=O)cn2)c(O)c1. The van der Waals surface area contributed by atoms with Crippen molar-refractivity contribution in [3.63, 3.8) is 0 Å². The normalized spacial score (nSPS) is 11.6. The van der Waals surface area contributed by atoms with E-state index in [4.69, 9.17) is 5.14 Å². The Morgan fingerprint density at radius 1 is 1.00 bits per heavy atom. The number of rotatable bonds is 5. The van der Waals surface area contributed by atoms with E-state index in [1.807, 2.05) is 42.3 Å². The van der Waals surface area contributed by atoms with Gasteiger partial charge in [0, 0.05) is 30.7 Å². The Morgan fingerprint density at radius 2 is 1.74 bits per heavy atom. The number of phenols is 1. The maximum atomic E-state index is 11.2. The first-order valence-corrected chi connectivity index (χ1v) is 9.41. The molecule has 0 amide bonds. The summed E-state index contributed by atoms with van der Waals surface area (Å²) < 4.78 is 22.4. The molecular weight excluding hydrogens is 366 g/mol. The summed E-state index contributed by atoms with van der Waals surface area (Å²) in [5.41, 5.74) is 2.02. The standard InChI is InChI=1S/C18H17N5O3S/c1-23(13-5-3-2-4-6-13)14-7-9-16(17(24)11-14)21-22-18-10-8-15(12-20-18)27(19,25)26/h2-12,24H,1H3,(H2,19,25,26)/b22-21+. The number of pyridine rings is 1. The van der Waals surface area contributed by atoms with E-state index in [1.54, 1.807) is 18.2 Å². The maximum absolute atomic E-state index is 11.2. The minimum absolute atomic E-state index is 0.0415. The number of anilines is 2. The summed E-state index contributed by atoms with van der Waals surface area (Å²) in [6.07, 6.45) is 1.10. The first-order chi connectivity index (χ1) is 12.8. The van der Waals surface area contributed by atoms with Gasteiger partial charge in [-0.1, -0.05) is 18.2 Å². The van der Waals surface area contributed by atoms with Gasteiger partial charge in [0.2, 0.25) is 10.0 Å². The fourth-order valence-electron chi connectivity index (χ4n) is 2.31. The Balaban J connectivity index is 1.79. The van der Waals surface area contributed by atoms with Gasteiger partial charge in [0.1, 0.15) is 16.3 Å². The molecule has 0 saturated carbocycles. The van der Waals surface area contributed by atoms with Gasteiger partial charge in [-0.25, -0.2) is 18.5 Å². The van der Waals surface area contributed by atoms with Crippen molar-refractivity contribution in [2.24, 2.45) is 15.4 Å². The van der Waals surface area contributed by atoms with Gasteiger partial charge in [-0.05, 0) is 36.4 Å². The summed E-state index contributed by atoms with van der Waals surface area (Å²) in [6, 6.07) is 17.4. The third-order valence-corrected chi connectivity index (χ3v) is 4.70. The monoisotopic (exact) mass is 383 g/mol. The van der Waals surface area contributed by atoms with Crippen LogP contribution in [0, 0.1) is 0 Å². The lowest BCUT2D eigenvalue weighted by Crippen LogP contribution is -2.11. The van der Waals surface area contributed by atoms with Crippen molar-refractivity contribution >= 4 is 32.9 Å². The lowest BCUT2D eigenvalue weighted by atomic mass is 10.2. The van der Waals surface area contributed by atoms with Crippen molar-refractivity contribution in [2.45, 2.75) is 4.90 Å². The summed E-state index contributed by atoms with van der Waals surface area (Å²) >= 11 is 0. The molecular formula is C18H17N5O3S. The number of benzene rings is 2. The zero-order valence-electron chi connectivity index (χ0n) is 14.4. The number of aromatic nitrogens is 1. The number of sulfonamides is 1. The average Bonchev–Trinajstić information content (AvgIpc) is 2.67. The Bertz CT molecular complexity index is 1070. The third kappa shape index (κ3) is 4.46. The number of hydrogen-bond acceptors (Lipinski definition) is 7. The Kier molecular flexibility index (Phi) is 5.15. The molecule has 1 aromatic heterocycles. The molecule has 0 atom stereocenters. The molecule has 0 bridgehead atoms. The highest BCUT2D eigenvalue weighted by Gasteiger charge is 2.09. The molecule has 0 aliphatic rings. The molecule has 0 aliphatic heterocycles. The van der Waals surface area contributed by atoms with Crippen LogP contribution in [0.25, 0.3) is 0 Å². The van der Waals surface area contributed by atoms with Crippen molar-refractivity contribution < 1.29 is 13.5 Å². The molecule has 0 aliphatic carbocycles. The summed E-state index contributed by atoms with van der Waals surface area (Å²) in [5.74, 6) is 0.146. The second kappa shape index (κ2) is 7.52. The lowest BCUT2D eigenvalue weighted by Gasteiger charge is -2.19. The minimum atomic E-state index is -3.81. The van der Waals surface area contributed by atoms with Crippen LogP contribution < -0.4 is 10.0 Å². The van der Waals surface area contributed by atoms with Gasteiger partial charge < -0.3 is 10.0 Å². The van der Waals surface area contributed by atoms with E-state index in [9.17, 15) is 13.5 Å². The van der Waals surface area contributed by atoms with Crippen LogP contribution >= 0.6 is 0 Å². The zero-order valence-corrected chi connectivity index (χ0v) is 15.2. The number of azo groups is 1. The third-order valence-electron chi connectivity index (χ3n) is 3.80. The molecule has 0 unspecified atom stereocenters. The largest absolute Gasteiger partial charge is 0.506 e. The van der Waals surface area contributed by atoms with Crippen molar-refractivity contribution in [1.82, 2.24) is 4.98 Å². The molecule has 3 aromatic rings. The summed E-state index contributed by atoms with van der Waals surface area (Å²) in [6.45, 7) is 0. The predicted molar refractivity (Wildman–Crippen MR) is 102 cm³/mol. The van der Waals surface area contributed by atoms with Crippen molar-refractivity contribution in [1.29, 1.82) is 0 Å². The molecule has 0 spiro atoms. The van der Waals surface area contributed by atoms with Crippen molar-refractivity contribution in [3.8, 4) is 5.75 Å². The van der Waals surface area contributed by atoms with E-state index >= 15 is 0 Å². The van der Waals surface area contributed by atoms with Crippen LogP contribution in [0.4, 0.5) is 22.9 Å². The van der Waals surface area contributed by atoms with Crippen molar-refractivity contribution in [2.75, 3.05) is 11.9 Å². The molecule has 9 heteroatoms. The van der Waals surface area contributed by atoms with Gasteiger partial charge in [0.25, 0.3) is 0 Å². The zero-order chi connectivity index (χ0) is 19.4. The molecule has 0 saturated heterocycles. The number of primary sulfonamides is 1. The highest BCUT2D eigenvalue weighted by molar-refractivity contribution is 7.89. The quantitative estimate of drug-likeness (QED) is 0.652. The smallest absolute Gasteiger partial charge is 0.239 e. The first-order valence-electron chi connectivity index (χ1n) is 7.87. The summed E-state index contributed by atoms with van der Waals surface area (Å²) in [4.78, 5) is 5.68. The van der Waals surface area contributed by atoms with Gasteiger partial charge in [0.15, 0.2) is 5.82 Å². The van der Waals surface area contributed by atoms with Crippen LogP contribution in [0.3, 0.4) is 0 Å². The van der Waals surface area contributed by atoms with Gasteiger partial charge in [-0.15, -0.1) is 10.2 Å². The topological polar surface area (TPSA) is 121 Å². The van der Waals surface area contributed by atoms with Crippen LogP contribution in [-0.4, -0.2) is 25.6 Å². The van der Waals surface area contributed by atoms with Gasteiger partial charge in [0.05, 0.1) is 0 Å². The Morgan fingerprint density at radius 3 is 2.33 bits per heavy atom. The Hall–Kier alpha value is -3.30.